The molecule has 0 fully saturated rings. The van der Waals surface area contributed by atoms with Crippen LogP contribution in [0.3, 0.4) is 0 Å². The first-order chi connectivity index (χ1) is 9.17. The monoisotopic (exact) mass is 306 g/mol. The van der Waals surface area contributed by atoms with E-state index in [0.717, 1.165) is 12.5 Å². The molecule has 0 amide bonds. The number of rotatable bonds is 6. The van der Waals surface area contributed by atoms with E-state index in [1.165, 1.54) is 0 Å². The van der Waals surface area contributed by atoms with Gasteiger partial charge in [0.15, 0.2) is 0 Å². The summed E-state index contributed by atoms with van der Waals surface area (Å²) in [5.41, 5.74) is 4.88. The second kappa shape index (κ2) is 6.49. The molecule has 1 rings (SSSR count). The highest BCUT2D eigenvalue weighted by atomic mass is 32.2. The molecule has 0 saturated carbocycles. The Hall–Kier alpha value is -1.21. The molecule has 20 heavy (non-hydrogen) atoms. The fraction of sp³-hybridized carbons (Fsp3) is 0.538. The molecule has 0 spiro atoms. The quantitative estimate of drug-likeness (QED) is 0.794. The van der Waals surface area contributed by atoms with E-state index in [4.69, 9.17) is 5.73 Å². The highest BCUT2D eigenvalue weighted by molar-refractivity contribution is 7.89. The molecular formula is C13H20F2N2O2S. The molecule has 2 atom stereocenters. The van der Waals surface area contributed by atoms with Crippen LogP contribution >= 0.6 is 0 Å². The second-order valence-electron chi connectivity index (χ2n) is 5.08. The van der Waals surface area contributed by atoms with E-state index >= 15 is 0 Å². The number of anilines is 1. The Balaban J connectivity index is 2.97. The molecule has 1 aromatic carbocycles. The largest absolute Gasteiger partial charge is 0.396 e. The van der Waals surface area contributed by atoms with Crippen LogP contribution in [-0.4, -0.2) is 14.5 Å². The number of hydrogen-bond donors (Lipinski definition) is 2. The van der Waals surface area contributed by atoms with Gasteiger partial charge in [0.2, 0.25) is 10.0 Å². The number of nitrogen functional groups attached to an aromatic ring is 1. The van der Waals surface area contributed by atoms with Gasteiger partial charge in [-0.1, -0.05) is 20.3 Å². The summed E-state index contributed by atoms with van der Waals surface area (Å²) >= 11 is 0. The average Bonchev–Trinajstić information content (AvgIpc) is 2.32. The van der Waals surface area contributed by atoms with Gasteiger partial charge in [0, 0.05) is 12.1 Å². The molecule has 2 unspecified atom stereocenters. The van der Waals surface area contributed by atoms with Crippen LogP contribution in [0.25, 0.3) is 0 Å². The zero-order valence-electron chi connectivity index (χ0n) is 11.8. The summed E-state index contributed by atoms with van der Waals surface area (Å²) < 4.78 is 53.2. The Labute approximate surface area is 118 Å². The predicted molar refractivity (Wildman–Crippen MR) is 74.6 cm³/mol. The van der Waals surface area contributed by atoms with Crippen molar-refractivity contribution in [3.8, 4) is 0 Å². The van der Waals surface area contributed by atoms with E-state index < -0.39 is 32.2 Å². The molecule has 0 saturated heterocycles. The first-order valence-electron chi connectivity index (χ1n) is 6.44. The van der Waals surface area contributed by atoms with E-state index in [2.05, 4.69) is 4.72 Å². The van der Waals surface area contributed by atoms with E-state index in [-0.39, 0.29) is 6.04 Å². The minimum absolute atomic E-state index is 0.343. The molecule has 7 heteroatoms. The summed E-state index contributed by atoms with van der Waals surface area (Å²) in [5, 5.41) is 0. The molecule has 0 heterocycles. The van der Waals surface area contributed by atoms with Crippen molar-refractivity contribution in [2.45, 2.75) is 44.6 Å². The third-order valence-electron chi connectivity index (χ3n) is 3.15. The number of nitrogens with two attached hydrogens (primary N) is 1. The fourth-order valence-corrected chi connectivity index (χ4v) is 3.25. The number of halogens is 2. The summed E-state index contributed by atoms with van der Waals surface area (Å²) in [5.74, 6) is -1.79. The third-order valence-corrected chi connectivity index (χ3v) is 4.75. The minimum atomic E-state index is -4.05. The van der Waals surface area contributed by atoms with Crippen LogP contribution in [0, 0.1) is 17.6 Å². The molecule has 4 nitrogen and oxygen atoms in total. The van der Waals surface area contributed by atoms with Crippen LogP contribution < -0.4 is 10.5 Å². The molecule has 1 aromatic rings. The summed E-state index contributed by atoms with van der Waals surface area (Å²) in [6.07, 6.45) is 1.55. The summed E-state index contributed by atoms with van der Waals surface area (Å²) in [6.45, 7) is 5.71. The van der Waals surface area contributed by atoms with Crippen molar-refractivity contribution in [2.75, 3.05) is 5.73 Å². The molecule has 0 bridgehead atoms. The lowest BCUT2D eigenvalue weighted by Crippen LogP contribution is -2.34. The smallest absolute Gasteiger partial charge is 0.243 e. The molecule has 0 aliphatic rings. The maximum atomic E-state index is 13.6. The van der Waals surface area contributed by atoms with Crippen molar-refractivity contribution in [1.29, 1.82) is 0 Å². The van der Waals surface area contributed by atoms with Gasteiger partial charge in [-0.05, 0) is 25.3 Å². The van der Waals surface area contributed by atoms with Gasteiger partial charge in [0.05, 0.1) is 5.69 Å². The number of hydrogen-bond acceptors (Lipinski definition) is 3. The number of sulfonamides is 1. The van der Waals surface area contributed by atoms with Gasteiger partial charge in [-0.25, -0.2) is 21.9 Å². The maximum Gasteiger partial charge on any atom is 0.243 e. The molecule has 0 radical (unpaired) electrons. The van der Waals surface area contributed by atoms with Crippen LogP contribution in [0.15, 0.2) is 17.0 Å². The molecule has 0 aliphatic heterocycles. The Kier molecular flexibility index (Phi) is 5.47. The van der Waals surface area contributed by atoms with Crippen molar-refractivity contribution < 1.29 is 17.2 Å². The van der Waals surface area contributed by atoms with Crippen molar-refractivity contribution in [3.05, 3.63) is 23.8 Å². The second-order valence-corrected chi connectivity index (χ2v) is 6.76. The zero-order valence-corrected chi connectivity index (χ0v) is 12.6. The van der Waals surface area contributed by atoms with Gasteiger partial charge in [0.25, 0.3) is 0 Å². The first kappa shape index (κ1) is 16.8. The van der Waals surface area contributed by atoms with Crippen molar-refractivity contribution >= 4 is 15.7 Å². The van der Waals surface area contributed by atoms with E-state index in [0.29, 0.717) is 18.4 Å². The minimum Gasteiger partial charge on any atom is -0.396 e. The Morgan fingerprint density at radius 2 is 1.85 bits per heavy atom. The average molecular weight is 306 g/mol. The number of benzene rings is 1. The van der Waals surface area contributed by atoms with Gasteiger partial charge in [-0.15, -0.1) is 0 Å². The van der Waals surface area contributed by atoms with Crippen LogP contribution in [0.2, 0.25) is 0 Å². The topological polar surface area (TPSA) is 72.2 Å². The zero-order chi connectivity index (χ0) is 15.5. The Bertz CT molecular complexity index is 576. The van der Waals surface area contributed by atoms with Crippen LogP contribution in [0.1, 0.15) is 33.6 Å². The highest BCUT2D eigenvalue weighted by Crippen LogP contribution is 2.21. The molecule has 3 N–H and O–H groups in total. The van der Waals surface area contributed by atoms with E-state index in [1.54, 1.807) is 6.92 Å². The molecule has 0 aromatic heterocycles. The van der Waals surface area contributed by atoms with Crippen LogP contribution in [0.5, 0.6) is 0 Å². The van der Waals surface area contributed by atoms with Crippen molar-refractivity contribution in [3.63, 3.8) is 0 Å². The third kappa shape index (κ3) is 4.14. The lowest BCUT2D eigenvalue weighted by Gasteiger charge is -2.18. The lowest BCUT2D eigenvalue weighted by molar-refractivity contribution is 0.444. The predicted octanol–water partition coefficient (Wildman–Crippen LogP) is 2.65. The molecule has 114 valence electrons. The van der Waals surface area contributed by atoms with Crippen LogP contribution in [0.4, 0.5) is 14.5 Å². The standard InChI is InChI=1S/C13H20F2N2O2S/c1-4-8(2)5-9(3)17-20(18,19)13-7-12(16)10(14)6-11(13)15/h6-9,17H,4-5,16H2,1-3H3. The summed E-state index contributed by atoms with van der Waals surface area (Å²) in [6, 6.07) is 0.923. The van der Waals surface area contributed by atoms with Crippen molar-refractivity contribution in [2.24, 2.45) is 5.92 Å². The van der Waals surface area contributed by atoms with E-state index in [9.17, 15) is 17.2 Å². The van der Waals surface area contributed by atoms with Gasteiger partial charge in [-0.3, -0.25) is 0 Å². The van der Waals surface area contributed by atoms with Crippen LogP contribution in [-0.2, 0) is 10.0 Å². The Morgan fingerprint density at radius 3 is 2.40 bits per heavy atom. The van der Waals surface area contributed by atoms with Crippen molar-refractivity contribution in [1.82, 2.24) is 4.72 Å². The Morgan fingerprint density at radius 1 is 1.25 bits per heavy atom. The molecular weight excluding hydrogens is 286 g/mol. The van der Waals surface area contributed by atoms with Gasteiger partial charge < -0.3 is 5.73 Å². The van der Waals surface area contributed by atoms with Gasteiger partial charge in [-0.2, -0.15) is 0 Å². The first-order valence-corrected chi connectivity index (χ1v) is 7.92. The maximum absolute atomic E-state index is 13.6. The van der Waals surface area contributed by atoms with E-state index in [1.807, 2.05) is 13.8 Å². The van der Waals surface area contributed by atoms with Gasteiger partial charge >= 0.3 is 0 Å². The highest BCUT2D eigenvalue weighted by Gasteiger charge is 2.23. The summed E-state index contributed by atoms with van der Waals surface area (Å²) in [7, 11) is -4.05. The number of nitrogens with one attached hydrogen (secondary N) is 1. The van der Waals surface area contributed by atoms with Gasteiger partial charge in [0.1, 0.15) is 16.5 Å². The SMILES string of the molecule is CCC(C)CC(C)NS(=O)(=O)c1cc(N)c(F)cc1F. The summed E-state index contributed by atoms with van der Waals surface area (Å²) in [4.78, 5) is -0.632. The fourth-order valence-electron chi connectivity index (χ4n) is 1.90. The lowest BCUT2D eigenvalue weighted by atomic mass is 10.0. The normalized spacial score (nSPS) is 15.1. The molecule has 0 aliphatic carbocycles.